The first-order valence-electron chi connectivity index (χ1n) is 10.2. The summed E-state index contributed by atoms with van der Waals surface area (Å²) in [4.78, 5) is 34.6. The van der Waals surface area contributed by atoms with E-state index < -0.39 is 0 Å². The molecule has 1 aromatic carbocycles. The lowest BCUT2D eigenvalue weighted by atomic mass is 10.1. The molecule has 2 aromatic rings. The molecule has 0 saturated carbocycles. The van der Waals surface area contributed by atoms with Gasteiger partial charge in [-0.2, -0.15) is 0 Å². The van der Waals surface area contributed by atoms with Crippen molar-refractivity contribution < 1.29 is 9.59 Å². The Bertz CT molecular complexity index is 846. The Hall–Kier alpha value is -2.60. The van der Waals surface area contributed by atoms with Crippen LogP contribution in [-0.2, 0) is 0 Å². The summed E-state index contributed by atoms with van der Waals surface area (Å²) in [6.45, 7) is 7.73. The lowest BCUT2D eigenvalue weighted by Crippen LogP contribution is -2.48. The van der Waals surface area contributed by atoms with Gasteiger partial charge in [0.25, 0.3) is 5.91 Å². The molecule has 1 aromatic heterocycles. The third-order valence-corrected chi connectivity index (χ3v) is 5.82. The van der Waals surface area contributed by atoms with Gasteiger partial charge in [-0.15, -0.1) is 0 Å². The normalized spacial score (nSPS) is 17.9. The molecule has 2 aliphatic heterocycles. The predicted molar refractivity (Wildman–Crippen MR) is 110 cm³/mol. The number of aromatic nitrogens is 1. The van der Waals surface area contributed by atoms with Gasteiger partial charge in [0, 0.05) is 56.7 Å². The number of nitrogens with one attached hydrogen (secondary N) is 1. The van der Waals surface area contributed by atoms with Crippen molar-refractivity contribution in [2.75, 3.05) is 50.7 Å². The molecule has 0 radical (unpaired) electrons. The zero-order valence-corrected chi connectivity index (χ0v) is 16.5. The van der Waals surface area contributed by atoms with Crippen LogP contribution in [0.25, 0.3) is 0 Å². The average Bonchev–Trinajstić information content (AvgIpc) is 3.41. The van der Waals surface area contributed by atoms with Crippen LogP contribution < -0.4 is 4.90 Å². The summed E-state index contributed by atoms with van der Waals surface area (Å²) >= 11 is 0. The predicted octanol–water partition coefficient (Wildman–Crippen LogP) is 2.56. The molecule has 3 heterocycles. The van der Waals surface area contributed by atoms with Crippen LogP contribution in [0.4, 0.5) is 5.69 Å². The van der Waals surface area contributed by atoms with Crippen molar-refractivity contribution in [1.82, 2.24) is 14.8 Å². The number of piperazine rings is 1. The number of hydrogen-bond acceptors (Lipinski definition) is 4. The number of rotatable bonds is 5. The number of aryl methyl sites for hydroxylation is 1. The lowest BCUT2D eigenvalue weighted by molar-refractivity contribution is 0.0787. The Morgan fingerprint density at radius 3 is 2.43 bits per heavy atom. The number of hydrogen-bond donors (Lipinski definition) is 1. The SMILES string of the molecule is Cc1ccccc1N1CCN(CC(=O)c2c[nH]c(C(=O)N3CCCC3)c2)CC1. The largest absolute Gasteiger partial charge is 0.369 e. The van der Waals surface area contributed by atoms with Crippen LogP contribution >= 0.6 is 0 Å². The van der Waals surface area contributed by atoms with E-state index in [1.165, 1.54) is 11.3 Å². The number of carbonyl (C=O) groups excluding carboxylic acids is 2. The summed E-state index contributed by atoms with van der Waals surface area (Å²) in [5.41, 5.74) is 3.69. The summed E-state index contributed by atoms with van der Waals surface area (Å²) < 4.78 is 0. The van der Waals surface area contributed by atoms with E-state index in [0.29, 0.717) is 17.8 Å². The van der Waals surface area contributed by atoms with Crippen molar-refractivity contribution >= 4 is 17.4 Å². The number of benzene rings is 1. The Morgan fingerprint density at radius 2 is 1.71 bits per heavy atom. The summed E-state index contributed by atoms with van der Waals surface area (Å²) in [6, 6.07) is 10.2. The molecular weight excluding hydrogens is 352 g/mol. The molecule has 0 spiro atoms. The number of carbonyl (C=O) groups is 2. The summed E-state index contributed by atoms with van der Waals surface area (Å²) in [7, 11) is 0. The van der Waals surface area contributed by atoms with Crippen molar-refractivity contribution in [3.8, 4) is 0 Å². The second-order valence-corrected chi connectivity index (χ2v) is 7.77. The zero-order valence-electron chi connectivity index (χ0n) is 16.5. The first-order valence-corrected chi connectivity index (χ1v) is 10.2. The Morgan fingerprint density at radius 1 is 1.00 bits per heavy atom. The van der Waals surface area contributed by atoms with Crippen molar-refractivity contribution in [3.05, 3.63) is 53.3 Å². The van der Waals surface area contributed by atoms with Gasteiger partial charge in [-0.1, -0.05) is 18.2 Å². The Balaban J connectivity index is 1.31. The van der Waals surface area contributed by atoms with Crippen LogP contribution in [0.5, 0.6) is 0 Å². The molecule has 2 fully saturated rings. The van der Waals surface area contributed by atoms with Crippen LogP contribution in [0, 0.1) is 6.92 Å². The van der Waals surface area contributed by atoms with Crippen molar-refractivity contribution in [2.45, 2.75) is 19.8 Å². The standard InChI is InChI=1S/C22H28N4O2/c1-17-6-2-3-7-20(17)25-12-10-24(11-13-25)16-21(27)18-14-19(23-15-18)22(28)26-8-4-5-9-26/h2-3,6-7,14-15,23H,4-5,8-13,16H2,1H3. The molecule has 6 nitrogen and oxygen atoms in total. The molecule has 4 rings (SSSR count). The lowest BCUT2D eigenvalue weighted by Gasteiger charge is -2.36. The monoisotopic (exact) mass is 380 g/mol. The van der Waals surface area contributed by atoms with Crippen LogP contribution in [0.1, 0.15) is 39.3 Å². The van der Waals surface area contributed by atoms with Crippen LogP contribution in [0.2, 0.25) is 0 Å². The molecule has 1 amide bonds. The van der Waals surface area contributed by atoms with Gasteiger partial charge in [-0.05, 0) is 37.5 Å². The average molecular weight is 380 g/mol. The second-order valence-electron chi connectivity index (χ2n) is 7.77. The molecule has 0 atom stereocenters. The smallest absolute Gasteiger partial charge is 0.270 e. The number of likely N-dealkylation sites (tertiary alicyclic amines) is 1. The molecule has 2 aliphatic rings. The minimum absolute atomic E-state index is 0.00314. The maximum atomic E-state index is 12.7. The minimum atomic E-state index is 0.00314. The van der Waals surface area contributed by atoms with Gasteiger partial charge in [0.05, 0.1) is 6.54 Å². The van der Waals surface area contributed by atoms with Crippen molar-refractivity contribution in [3.63, 3.8) is 0 Å². The fourth-order valence-electron chi connectivity index (χ4n) is 4.13. The number of Topliss-reactive ketones (excluding diaryl/α,β-unsaturated/α-hetero) is 1. The number of nitrogens with zero attached hydrogens (tertiary/aromatic N) is 3. The highest BCUT2D eigenvalue weighted by Crippen LogP contribution is 2.21. The third kappa shape index (κ3) is 3.97. The van der Waals surface area contributed by atoms with Gasteiger partial charge >= 0.3 is 0 Å². The maximum absolute atomic E-state index is 12.7. The molecule has 6 heteroatoms. The number of para-hydroxylation sites is 1. The molecule has 148 valence electrons. The summed E-state index contributed by atoms with van der Waals surface area (Å²) in [5.74, 6) is 0.0736. The molecular formula is C22H28N4O2. The highest BCUT2D eigenvalue weighted by molar-refractivity contribution is 6.01. The number of amides is 1. The van der Waals surface area contributed by atoms with Crippen LogP contribution in [0.3, 0.4) is 0 Å². The summed E-state index contributed by atoms with van der Waals surface area (Å²) in [6.07, 6.45) is 3.80. The third-order valence-electron chi connectivity index (χ3n) is 5.82. The topological polar surface area (TPSA) is 59.7 Å². The van der Waals surface area contributed by atoms with Gasteiger partial charge < -0.3 is 14.8 Å². The first-order chi connectivity index (χ1) is 13.6. The number of anilines is 1. The number of aromatic amines is 1. The van der Waals surface area contributed by atoms with E-state index in [0.717, 1.165) is 52.1 Å². The fourth-order valence-corrected chi connectivity index (χ4v) is 4.13. The highest BCUT2D eigenvalue weighted by Gasteiger charge is 2.24. The summed E-state index contributed by atoms with van der Waals surface area (Å²) in [5, 5.41) is 0. The molecule has 0 aliphatic carbocycles. The van der Waals surface area contributed by atoms with Crippen LogP contribution in [-0.4, -0.2) is 72.3 Å². The quantitative estimate of drug-likeness (QED) is 0.810. The Kier molecular flexibility index (Phi) is 5.48. The van der Waals surface area contributed by atoms with E-state index in [1.54, 1.807) is 12.3 Å². The van der Waals surface area contributed by atoms with Gasteiger partial charge in [-0.3, -0.25) is 14.5 Å². The minimum Gasteiger partial charge on any atom is -0.369 e. The fraction of sp³-hybridized carbons (Fsp3) is 0.455. The second kappa shape index (κ2) is 8.19. The van der Waals surface area contributed by atoms with E-state index in [9.17, 15) is 9.59 Å². The molecule has 2 saturated heterocycles. The van der Waals surface area contributed by atoms with E-state index in [4.69, 9.17) is 0 Å². The number of ketones is 1. The molecule has 28 heavy (non-hydrogen) atoms. The molecule has 0 unspecified atom stereocenters. The van der Waals surface area contributed by atoms with Crippen LogP contribution in [0.15, 0.2) is 36.5 Å². The van der Waals surface area contributed by atoms with Gasteiger partial charge in [0.2, 0.25) is 0 Å². The van der Waals surface area contributed by atoms with Crippen molar-refractivity contribution in [2.24, 2.45) is 0 Å². The number of H-pyrrole nitrogens is 1. The van der Waals surface area contributed by atoms with Crippen molar-refractivity contribution in [1.29, 1.82) is 0 Å². The zero-order chi connectivity index (χ0) is 19.5. The van der Waals surface area contributed by atoms with Gasteiger partial charge in [0.15, 0.2) is 5.78 Å². The molecule has 0 bridgehead atoms. The van der Waals surface area contributed by atoms with Gasteiger partial charge in [0.1, 0.15) is 5.69 Å². The Labute approximate surface area is 166 Å². The van der Waals surface area contributed by atoms with Gasteiger partial charge in [-0.25, -0.2) is 0 Å². The molecule has 1 N–H and O–H groups in total. The maximum Gasteiger partial charge on any atom is 0.270 e. The van der Waals surface area contributed by atoms with E-state index in [1.807, 2.05) is 4.90 Å². The van der Waals surface area contributed by atoms with E-state index in [2.05, 4.69) is 46.0 Å². The van der Waals surface area contributed by atoms with E-state index >= 15 is 0 Å². The highest BCUT2D eigenvalue weighted by atomic mass is 16.2. The van der Waals surface area contributed by atoms with E-state index in [-0.39, 0.29) is 11.7 Å². The first kappa shape index (κ1) is 18.7.